The Bertz CT molecular complexity index is 647. The maximum absolute atomic E-state index is 13.5. The van der Waals surface area contributed by atoms with Crippen LogP contribution in [-0.2, 0) is 10.2 Å². The lowest BCUT2D eigenvalue weighted by Crippen LogP contribution is -2.40. The van der Waals surface area contributed by atoms with E-state index in [4.69, 9.17) is 10.3 Å². The molecule has 0 saturated carbocycles. The number of carbonyl (C=O) groups excluding carboxylic acids is 1. The lowest BCUT2D eigenvalue weighted by atomic mass is 9.78. The molecule has 138 valence electrons. The van der Waals surface area contributed by atoms with Crippen molar-refractivity contribution in [3.05, 3.63) is 40.3 Å². The number of halogens is 3. The number of hydrogen-bond acceptors (Lipinski definition) is 3. The van der Waals surface area contributed by atoms with E-state index in [1.807, 2.05) is 0 Å². The van der Waals surface area contributed by atoms with Gasteiger partial charge in [0.1, 0.15) is 5.60 Å². The van der Waals surface area contributed by atoms with E-state index >= 15 is 0 Å². The second-order valence-electron chi connectivity index (χ2n) is 6.74. The molecular weight excluding hydrogens is 337 g/mol. The molecule has 1 atom stereocenters. The van der Waals surface area contributed by atoms with E-state index in [0.29, 0.717) is 5.69 Å². The highest BCUT2D eigenvalue weighted by molar-refractivity contribution is 5.84. The van der Waals surface area contributed by atoms with Crippen molar-refractivity contribution >= 4 is 11.8 Å². The fraction of sp³-hybridized carbons (Fsp3) is 0.562. The van der Waals surface area contributed by atoms with Gasteiger partial charge < -0.3 is 4.74 Å². The van der Waals surface area contributed by atoms with Gasteiger partial charge in [-0.2, -0.15) is 13.2 Å². The molecule has 9 heteroatoms. The third-order valence-electron chi connectivity index (χ3n) is 3.57. The summed E-state index contributed by atoms with van der Waals surface area (Å²) in [6, 6.07) is 5.32. The Balaban J connectivity index is 2.97. The monoisotopic (exact) mass is 358 g/mol. The Hall–Kier alpha value is -2.41. The summed E-state index contributed by atoms with van der Waals surface area (Å²) < 4.78 is 45.6. The zero-order chi connectivity index (χ0) is 19.3. The molecule has 6 nitrogen and oxygen atoms in total. The molecule has 1 unspecified atom stereocenters. The Labute approximate surface area is 144 Å². The summed E-state index contributed by atoms with van der Waals surface area (Å²) in [5, 5.41) is 5.65. The first-order valence-corrected chi connectivity index (χ1v) is 7.57. The summed E-state index contributed by atoms with van der Waals surface area (Å²) in [6.07, 6.45) is -5.58. The van der Waals surface area contributed by atoms with Gasteiger partial charge in [-0.1, -0.05) is 17.2 Å². The molecule has 1 amide bonds. The predicted octanol–water partition coefficient (Wildman–Crippen LogP) is 5.55. The molecule has 0 radical (unpaired) electrons. The molecule has 0 aromatic heterocycles. The number of carbonyl (C=O) groups is 1. The molecular formula is C16H21F3N4O2. The van der Waals surface area contributed by atoms with Crippen molar-refractivity contribution in [1.82, 2.24) is 0 Å². The minimum atomic E-state index is -4.52. The molecule has 0 aliphatic rings. The van der Waals surface area contributed by atoms with Gasteiger partial charge in [-0.3, -0.25) is 5.32 Å². The van der Waals surface area contributed by atoms with Gasteiger partial charge in [-0.05, 0) is 57.3 Å². The largest absolute Gasteiger partial charge is 0.444 e. The first-order valence-electron chi connectivity index (χ1n) is 7.57. The molecule has 0 aliphatic heterocycles. The standard InChI is InChI=1S/C16H21F3N4O2/c1-14(2,3)25-13(24)22-12-7-5-11(6-8-12)15(4,16(17,18)19)9-10-21-23-20/h5-8H,9-10H2,1-4H3,(H,22,24). The van der Waals surface area contributed by atoms with Crippen molar-refractivity contribution < 1.29 is 22.7 Å². The topological polar surface area (TPSA) is 87.1 Å². The summed E-state index contributed by atoms with van der Waals surface area (Å²) in [5.41, 5.74) is 5.75. The average Bonchev–Trinajstić information content (AvgIpc) is 2.44. The zero-order valence-electron chi connectivity index (χ0n) is 14.5. The smallest absolute Gasteiger partial charge is 0.412 e. The van der Waals surface area contributed by atoms with Crippen LogP contribution in [0.1, 0.15) is 39.7 Å². The highest BCUT2D eigenvalue weighted by Gasteiger charge is 2.51. The predicted molar refractivity (Wildman–Crippen MR) is 88.3 cm³/mol. The lowest BCUT2D eigenvalue weighted by molar-refractivity contribution is -0.187. The number of amides is 1. The molecule has 0 aliphatic carbocycles. The number of nitrogens with zero attached hydrogens (tertiary/aromatic N) is 3. The van der Waals surface area contributed by atoms with Crippen LogP contribution in [0.2, 0.25) is 0 Å². The summed E-state index contributed by atoms with van der Waals surface area (Å²) in [7, 11) is 0. The number of rotatable bonds is 5. The number of azide groups is 1. The van der Waals surface area contributed by atoms with E-state index in [-0.39, 0.29) is 18.5 Å². The van der Waals surface area contributed by atoms with Gasteiger partial charge in [0.15, 0.2) is 0 Å². The van der Waals surface area contributed by atoms with E-state index in [1.165, 1.54) is 24.3 Å². The van der Waals surface area contributed by atoms with Gasteiger partial charge in [-0.15, -0.1) is 0 Å². The van der Waals surface area contributed by atoms with Crippen molar-refractivity contribution in [2.75, 3.05) is 11.9 Å². The Morgan fingerprint density at radius 3 is 2.20 bits per heavy atom. The van der Waals surface area contributed by atoms with Crippen molar-refractivity contribution in [1.29, 1.82) is 0 Å². The van der Waals surface area contributed by atoms with E-state index in [9.17, 15) is 18.0 Å². The van der Waals surface area contributed by atoms with Crippen LogP contribution in [0.5, 0.6) is 0 Å². The van der Waals surface area contributed by atoms with Crippen molar-refractivity contribution in [3.8, 4) is 0 Å². The lowest BCUT2D eigenvalue weighted by Gasteiger charge is -2.32. The summed E-state index contributed by atoms with van der Waals surface area (Å²) >= 11 is 0. The van der Waals surface area contributed by atoms with Gasteiger partial charge in [0.25, 0.3) is 0 Å². The van der Waals surface area contributed by atoms with E-state index in [0.717, 1.165) is 6.92 Å². The molecule has 1 aromatic rings. The molecule has 0 fully saturated rings. The quantitative estimate of drug-likeness (QED) is 0.425. The average molecular weight is 358 g/mol. The van der Waals surface area contributed by atoms with E-state index in [2.05, 4.69) is 15.3 Å². The van der Waals surface area contributed by atoms with Crippen LogP contribution in [0.3, 0.4) is 0 Å². The summed E-state index contributed by atoms with van der Waals surface area (Å²) in [4.78, 5) is 14.2. The summed E-state index contributed by atoms with van der Waals surface area (Å²) in [6.45, 7) is 5.89. The fourth-order valence-corrected chi connectivity index (χ4v) is 2.11. The van der Waals surface area contributed by atoms with Crippen LogP contribution >= 0.6 is 0 Å². The van der Waals surface area contributed by atoms with Gasteiger partial charge in [0.2, 0.25) is 0 Å². The van der Waals surface area contributed by atoms with Crippen molar-refractivity contribution in [2.24, 2.45) is 5.11 Å². The van der Waals surface area contributed by atoms with E-state index in [1.54, 1.807) is 20.8 Å². The van der Waals surface area contributed by atoms with Crippen LogP contribution < -0.4 is 5.32 Å². The molecule has 0 bridgehead atoms. The van der Waals surface area contributed by atoms with Gasteiger partial charge >= 0.3 is 12.3 Å². The van der Waals surface area contributed by atoms with Crippen molar-refractivity contribution in [3.63, 3.8) is 0 Å². The SMILES string of the molecule is CC(C)(C)OC(=O)Nc1ccc(C(C)(CCN=[N+]=[N-])C(F)(F)F)cc1. The number of anilines is 1. The highest BCUT2D eigenvalue weighted by atomic mass is 19.4. The van der Waals surface area contributed by atoms with Gasteiger partial charge in [0.05, 0.1) is 5.41 Å². The third kappa shape index (κ3) is 5.86. The molecule has 1 rings (SSSR count). The van der Waals surface area contributed by atoms with Gasteiger partial charge in [0, 0.05) is 17.1 Å². The summed E-state index contributed by atoms with van der Waals surface area (Å²) in [5.74, 6) is 0. The normalized spacial score (nSPS) is 14.2. The number of ether oxygens (including phenoxy) is 1. The molecule has 0 spiro atoms. The van der Waals surface area contributed by atoms with Crippen molar-refractivity contribution in [2.45, 2.75) is 51.3 Å². The molecule has 1 aromatic carbocycles. The number of hydrogen-bond donors (Lipinski definition) is 1. The Kier molecular flexibility index (Phi) is 6.31. The minimum absolute atomic E-state index is 0.0166. The van der Waals surface area contributed by atoms with Gasteiger partial charge in [-0.25, -0.2) is 4.79 Å². The minimum Gasteiger partial charge on any atom is -0.444 e. The number of benzene rings is 1. The molecule has 1 N–H and O–H groups in total. The highest BCUT2D eigenvalue weighted by Crippen LogP contribution is 2.43. The first-order chi connectivity index (χ1) is 11.4. The Morgan fingerprint density at radius 2 is 1.76 bits per heavy atom. The second kappa shape index (κ2) is 7.65. The van der Waals surface area contributed by atoms with Crippen LogP contribution in [0.15, 0.2) is 29.4 Å². The number of alkyl halides is 3. The number of nitrogens with one attached hydrogen (secondary N) is 1. The zero-order valence-corrected chi connectivity index (χ0v) is 14.5. The molecule has 25 heavy (non-hydrogen) atoms. The second-order valence-corrected chi connectivity index (χ2v) is 6.74. The van der Waals surface area contributed by atoms with Crippen LogP contribution in [0, 0.1) is 0 Å². The molecule has 0 heterocycles. The Morgan fingerprint density at radius 1 is 1.20 bits per heavy atom. The van der Waals surface area contributed by atoms with Crippen LogP contribution in [-0.4, -0.2) is 24.4 Å². The maximum atomic E-state index is 13.5. The maximum Gasteiger partial charge on any atom is 0.412 e. The van der Waals surface area contributed by atoms with Crippen LogP contribution in [0.4, 0.5) is 23.7 Å². The third-order valence-corrected chi connectivity index (χ3v) is 3.57. The van der Waals surface area contributed by atoms with Crippen LogP contribution in [0.25, 0.3) is 10.4 Å². The molecule has 0 saturated heterocycles. The van der Waals surface area contributed by atoms with E-state index < -0.39 is 23.3 Å². The fourth-order valence-electron chi connectivity index (χ4n) is 2.11. The first kappa shape index (κ1) is 20.6.